The highest BCUT2D eigenvalue weighted by atomic mass is 32.2. The van der Waals surface area contributed by atoms with Crippen LogP contribution >= 0.6 is 0 Å². The van der Waals surface area contributed by atoms with E-state index < -0.39 is 15.6 Å². The highest BCUT2D eigenvalue weighted by Gasteiger charge is 2.25. The van der Waals surface area contributed by atoms with Crippen LogP contribution in [0.15, 0.2) is 114 Å². The molecule has 0 aromatic heterocycles. The molecule has 7 nitrogen and oxygen atoms in total. The lowest BCUT2D eigenvalue weighted by atomic mass is 9.94. The first-order valence-corrected chi connectivity index (χ1v) is 13.3. The molecule has 0 atom stereocenters. The highest BCUT2D eigenvalue weighted by molar-refractivity contribution is 7.89. The van der Waals surface area contributed by atoms with Gasteiger partial charge in [0.2, 0.25) is 10.0 Å². The smallest absolute Gasteiger partial charge is 0.252 e. The van der Waals surface area contributed by atoms with Crippen molar-refractivity contribution in [1.29, 1.82) is 0 Å². The van der Waals surface area contributed by atoms with Crippen LogP contribution in [-0.4, -0.2) is 14.3 Å². The molecule has 4 aromatic rings. The number of anilines is 2. The summed E-state index contributed by atoms with van der Waals surface area (Å²) in [5, 5.41) is 4.33. The zero-order valence-corrected chi connectivity index (χ0v) is 21.6. The molecule has 190 valence electrons. The molecule has 0 saturated heterocycles. The number of sulfonamides is 1. The van der Waals surface area contributed by atoms with E-state index in [1.165, 1.54) is 11.1 Å². The summed E-state index contributed by atoms with van der Waals surface area (Å²) in [6.07, 6.45) is 0. The number of carbonyl (C=O) groups excluding carboxylic acids is 1. The van der Waals surface area contributed by atoms with E-state index in [1.54, 1.807) is 42.5 Å². The van der Waals surface area contributed by atoms with Crippen LogP contribution in [0.5, 0.6) is 0 Å². The Morgan fingerprint density at radius 2 is 1.46 bits per heavy atom. The quantitative estimate of drug-likeness (QED) is 0.219. The number of nitrogens with one attached hydrogen (secondary N) is 2. The van der Waals surface area contributed by atoms with Crippen LogP contribution in [0.2, 0.25) is 0 Å². The van der Waals surface area contributed by atoms with Crippen LogP contribution in [0, 0.1) is 0 Å². The first-order valence-electron chi connectivity index (χ1n) is 11.8. The van der Waals surface area contributed by atoms with Crippen LogP contribution in [0.4, 0.5) is 11.4 Å². The second-order valence-corrected chi connectivity index (χ2v) is 10.9. The van der Waals surface area contributed by atoms with Crippen molar-refractivity contribution in [3.63, 3.8) is 0 Å². The van der Waals surface area contributed by atoms with Gasteiger partial charge in [0.1, 0.15) is 4.90 Å². The molecular weight excluding hydrogens is 484 g/mol. The number of para-hydroxylation sites is 1. The molecule has 4 rings (SSSR count). The SMILES string of the molecule is CC(C)(NC(=O)c1cccc(N(N)c2ccccc2S(=O)(=O)NCc2ccccc2)c1)c1ccccc1. The molecule has 0 bridgehead atoms. The molecule has 0 fully saturated rings. The highest BCUT2D eigenvalue weighted by Crippen LogP contribution is 2.29. The van der Waals surface area contributed by atoms with Crippen molar-refractivity contribution in [2.75, 3.05) is 5.01 Å². The summed E-state index contributed by atoms with van der Waals surface area (Å²) in [6, 6.07) is 32.2. The summed E-state index contributed by atoms with van der Waals surface area (Å²) < 4.78 is 29.0. The predicted molar refractivity (Wildman–Crippen MR) is 147 cm³/mol. The van der Waals surface area contributed by atoms with E-state index in [4.69, 9.17) is 5.84 Å². The molecule has 37 heavy (non-hydrogen) atoms. The van der Waals surface area contributed by atoms with Crippen LogP contribution in [0.1, 0.15) is 35.3 Å². The number of nitrogens with zero attached hydrogens (tertiary/aromatic N) is 1. The van der Waals surface area contributed by atoms with Gasteiger partial charge in [-0.05, 0) is 55.3 Å². The van der Waals surface area contributed by atoms with Crippen molar-refractivity contribution in [3.8, 4) is 0 Å². The molecule has 4 N–H and O–H groups in total. The standard InChI is InChI=1S/C29H30N4O3S/c1-29(2,24-15-7-4-8-16-24)32-28(34)23-14-11-17-25(20-23)33(30)26-18-9-10-19-27(26)37(35,36)31-21-22-12-5-3-6-13-22/h3-20,31H,21,30H2,1-2H3,(H,32,34). The largest absolute Gasteiger partial charge is 0.343 e. The molecule has 0 aliphatic rings. The van der Waals surface area contributed by atoms with Crippen molar-refractivity contribution in [2.24, 2.45) is 5.84 Å². The Labute approximate surface area is 218 Å². The van der Waals surface area contributed by atoms with Crippen LogP contribution < -0.4 is 20.9 Å². The summed E-state index contributed by atoms with van der Waals surface area (Å²) in [7, 11) is -3.87. The fourth-order valence-corrected chi connectivity index (χ4v) is 5.17. The maximum atomic E-state index is 13.2. The first-order chi connectivity index (χ1) is 17.7. The van der Waals surface area contributed by atoms with Gasteiger partial charge >= 0.3 is 0 Å². The van der Waals surface area contributed by atoms with Gasteiger partial charge in [0.05, 0.1) is 16.9 Å². The van der Waals surface area contributed by atoms with Gasteiger partial charge in [-0.2, -0.15) is 0 Å². The maximum absolute atomic E-state index is 13.2. The fraction of sp³-hybridized carbons (Fsp3) is 0.138. The Morgan fingerprint density at radius 3 is 2.16 bits per heavy atom. The second kappa shape index (κ2) is 11.0. The average Bonchev–Trinajstić information content (AvgIpc) is 2.92. The number of nitrogens with two attached hydrogens (primary N) is 1. The zero-order valence-electron chi connectivity index (χ0n) is 20.8. The van der Waals surface area contributed by atoms with E-state index in [0.717, 1.165) is 11.1 Å². The summed E-state index contributed by atoms with van der Waals surface area (Å²) in [4.78, 5) is 13.2. The van der Waals surface area contributed by atoms with E-state index in [2.05, 4.69) is 10.0 Å². The van der Waals surface area contributed by atoms with Crippen LogP contribution in [-0.2, 0) is 22.1 Å². The third-order valence-corrected chi connectivity index (χ3v) is 7.48. The second-order valence-electron chi connectivity index (χ2n) is 9.14. The van der Waals surface area contributed by atoms with Gasteiger partial charge in [0.25, 0.3) is 5.91 Å². The zero-order chi connectivity index (χ0) is 26.5. The monoisotopic (exact) mass is 514 g/mol. The maximum Gasteiger partial charge on any atom is 0.252 e. The molecule has 4 aromatic carbocycles. The van der Waals surface area contributed by atoms with Gasteiger partial charge in [0, 0.05) is 12.1 Å². The summed E-state index contributed by atoms with van der Waals surface area (Å²) in [5.41, 5.74) is 2.37. The number of hydrogen-bond donors (Lipinski definition) is 3. The van der Waals surface area contributed by atoms with E-state index >= 15 is 0 Å². The Balaban J connectivity index is 1.56. The normalized spacial score (nSPS) is 11.6. The van der Waals surface area contributed by atoms with Crippen molar-refractivity contribution in [1.82, 2.24) is 10.0 Å². The molecular formula is C29H30N4O3S. The van der Waals surface area contributed by atoms with Crippen molar-refractivity contribution in [2.45, 2.75) is 30.8 Å². The minimum Gasteiger partial charge on any atom is -0.343 e. The molecule has 0 unspecified atom stereocenters. The van der Waals surface area contributed by atoms with Crippen molar-refractivity contribution >= 4 is 27.3 Å². The molecule has 0 spiro atoms. The predicted octanol–water partition coefficient (Wildman–Crippen LogP) is 4.84. The van der Waals surface area contributed by atoms with Crippen LogP contribution in [0.25, 0.3) is 0 Å². The fourth-order valence-electron chi connectivity index (χ4n) is 3.95. The molecule has 1 amide bonds. The third-order valence-electron chi connectivity index (χ3n) is 6.03. The average molecular weight is 515 g/mol. The topological polar surface area (TPSA) is 105 Å². The van der Waals surface area contributed by atoms with Gasteiger partial charge in [-0.3, -0.25) is 9.80 Å². The number of rotatable bonds is 9. The first kappa shape index (κ1) is 26.1. The number of carbonyl (C=O) groups is 1. The number of benzene rings is 4. The van der Waals surface area contributed by atoms with Crippen LogP contribution in [0.3, 0.4) is 0 Å². The number of amides is 1. The molecule has 0 saturated carbocycles. The minimum absolute atomic E-state index is 0.0356. The summed E-state index contributed by atoms with van der Waals surface area (Å²) in [6.45, 7) is 4.01. The molecule has 0 radical (unpaired) electrons. The van der Waals surface area contributed by atoms with E-state index in [9.17, 15) is 13.2 Å². The Bertz CT molecular complexity index is 1470. The van der Waals surface area contributed by atoms with E-state index in [0.29, 0.717) is 11.3 Å². The Morgan fingerprint density at radius 1 is 0.838 bits per heavy atom. The molecule has 0 heterocycles. The van der Waals surface area contributed by atoms with Gasteiger partial charge in [0.15, 0.2) is 0 Å². The van der Waals surface area contributed by atoms with E-state index in [1.807, 2.05) is 74.5 Å². The molecule has 0 aliphatic heterocycles. The van der Waals surface area contributed by atoms with Gasteiger partial charge < -0.3 is 5.32 Å². The lowest BCUT2D eigenvalue weighted by Gasteiger charge is -2.27. The van der Waals surface area contributed by atoms with Gasteiger partial charge in [-0.25, -0.2) is 19.0 Å². The third kappa shape index (κ3) is 6.24. The summed E-state index contributed by atoms with van der Waals surface area (Å²) in [5.74, 6) is 6.15. The van der Waals surface area contributed by atoms with E-state index in [-0.39, 0.29) is 23.0 Å². The summed E-state index contributed by atoms with van der Waals surface area (Å²) >= 11 is 0. The number of hydrazine groups is 1. The number of hydrogen-bond acceptors (Lipinski definition) is 5. The van der Waals surface area contributed by atoms with Crippen molar-refractivity contribution in [3.05, 3.63) is 126 Å². The lowest BCUT2D eigenvalue weighted by molar-refractivity contribution is 0.0912. The Hall–Kier alpha value is -3.98. The molecule has 0 aliphatic carbocycles. The minimum atomic E-state index is -3.87. The molecule has 8 heteroatoms. The van der Waals surface area contributed by atoms with Crippen molar-refractivity contribution < 1.29 is 13.2 Å². The lowest BCUT2D eigenvalue weighted by Crippen LogP contribution is -2.41. The van der Waals surface area contributed by atoms with Gasteiger partial charge in [-0.1, -0.05) is 78.9 Å². The Kier molecular flexibility index (Phi) is 7.73. The van der Waals surface area contributed by atoms with Gasteiger partial charge in [-0.15, -0.1) is 0 Å².